The molecule has 0 aromatic rings. The van der Waals surface area contributed by atoms with Crippen molar-refractivity contribution in [3.8, 4) is 0 Å². The van der Waals surface area contributed by atoms with Gasteiger partial charge in [-0.05, 0) is 43.4 Å². The third-order valence-electron chi connectivity index (χ3n) is 4.84. The van der Waals surface area contributed by atoms with Gasteiger partial charge in [0.2, 0.25) is 5.91 Å². The molecule has 0 spiro atoms. The molecule has 0 aromatic heterocycles. The molecule has 2 aliphatic carbocycles. The predicted molar refractivity (Wildman–Crippen MR) is 81.5 cm³/mol. The van der Waals surface area contributed by atoms with Crippen LogP contribution in [0.25, 0.3) is 0 Å². The second kappa shape index (κ2) is 7.62. The molecule has 2 rings (SSSR count). The van der Waals surface area contributed by atoms with Crippen molar-refractivity contribution in [3.05, 3.63) is 12.2 Å². The molecule has 0 bridgehead atoms. The van der Waals surface area contributed by atoms with Gasteiger partial charge in [-0.15, -0.1) is 0 Å². The number of carbonyl (C=O) groups excluding carboxylic acids is 2. The average Bonchev–Trinajstić information content (AvgIpc) is 2.97. The monoisotopic (exact) mass is 293 g/mol. The van der Waals surface area contributed by atoms with Crippen molar-refractivity contribution in [2.24, 2.45) is 17.8 Å². The zero-order chi connectivity index (χ0) is 15.2. The molecule has 0 heterocycles. The molecule has 3 atom stereocenters. The first kappa shape index (κ1) is 16.1. The van der Waals surface area contributed by atoms with Crippen molar-refractivity contribution >= 4 is 11.9 Å². The Labute approximate surface area is 127 Å². The van der Waals surface area contributed by atoms with Gasteiger partial charge >= 0.3 is 5.97 Å². The van der Waals surface area contributed by atoms with Crippen LogP contribution in [-0.2, 0) is 14.3 Å². The summed E-state index contributed by atoms with van der Waals surface area (Å²) in [6.45, 7) is 4.13. The lowest BCUT2D eigenvalue weighted by Gasteiger charge is -2.27. The number of amides is 1. The molecule has 0 aliphatic heterocycles. The molecular weight excluding hydrogens is 266 g/mol. The fourth-order valence-electron chi connectivity index (χ4n) is 3.40. The molecule has 1 amide bonds. The summed E-state index contributed by atoms with van der Waals surface area (Å²) in [6.07, 6.45) is 10.7. The van der Waals surface area contributed by atoms with Gasteiger partial charge in [-0.25, -0.2) is 4.79 Å². The van der Waals surface area contributed by atoms with Crippen LogP contribution in [0.5, 0.6) is 0 Å². The van der Waals surface area contributed by atoms with E-state index in [0.29, 0.717) is 18.4 Å². The van der Waals surface area contributed by atoms with Gasteiger partial charge in [0, 0.05) is 6.92 Å². The number of rotatable bonds is 5. The Bertz CT molecular complexity index is 399. The van der Waals surface area contributed by atoms with E-state index in [1.807, 2.05) is 0 Å². The van der Waals surface area contributed by atoms with E-state index in [1.54, 1.807) is 0 Å². The van der Waals surface area contributed by atoms with Crippen molar-refractivity contribution < 1.29 is 14.3 Å². The first-order valence-corrected chi connectivity index (χ1v) is 8.16. The normalized spacial score (nSPS) is 27.3. The van der Waals surface area contributed by atoms with E-state index >= 15 is 0 Å². The summed E-state index contributed by atoms with van der Waals surface area (Å²) in [5, 5.41) is 2.79. The van der Waals surface area contributed by atoms with Crippen LogP contribution in [0.2, 0.25) is 0 Å². The molecule has 1 N–H and O–H groups in total. The fourth-order valence-corrected chi connectivity index (χ4v) is 3.40. The molecule has 1 saturated carbocycles. The van der Waals surface area contributed by atoms with Gasteiger partial charge in [-0.2, -0.15) is 0 Å². The van der Waals surface area contributed by atoms with Crippen LogP contribution < -0.4 is 5.32 Å². The maximum Gasteiger partial charge on any atom is 0.328 e. The van der Waals surface area contributed by atoms with E-state index in [9.17, 15) is 9.59 Å². The molecular formula is C17H27NO3. The summed E-state index contributed by atoms with van der Waals surface area (Å²) >= 11 is 0. The molecule has 0 radical (unpaired) electrons. The van der Waals surface area contributed by atoms with E-state index in [-0.39, 0.29) is 17.8 Å². The van der Waals surface area contributed by atoms with Crippen molar-refractivity contribution in [2.45, 2.75) is 58.4 Å². The van der Waals surface area contributed by atoms with Crippen molar-refractivity contribution in [1.29, 1.82) is 0 Å². The van der Waals surface area contributed by atoms with Gasteiger partial charge < -0.3 is 10.1 Å². The molecule has 21 heavy (non-hydrogen) atoms. The Morgan fingerprint density at radius 1 is 1.24 bits per heavy atom. The number of allylic oxidation sites excluding steroid dienone is 2. The highest BCUT2D eigenvalue weighted by molar-refractivity contribution is 5.83. The number of ether oxygens (including phenoxy) is 1. The summed E-state index contributed by atoms with van der Waals surface area (Å²) in [4.78, 5) is 23.7. The van der Waals surface area contributed by atoms with Gasteiger partial charge in [-0.1, -0.05) is 31.9 Å². The standard InChI is InChI=1S/C17H27NO3/c1-12-7-3-4-10-15(12)11-21-17(20)16(18-13(2)19)14-8-5-6-9-14/h3-4,12,14-16H,5-11H2,1-2H3,(H,18,19). The van der Waals surface area contributed by atoms with Crippen LogP contribution in [0, 0.1) is 17.8 Å². The molecule has 118 valence electrons. The van der Waals surface area contributed by atoms with Gasteiger partial charge in [-0.3, -0.25) is 4.79 Å². The molecule has 2 aliphatic rings. The zero-order valence-corrected chi connectivity index (χ0v) is 13.1. The summed E-state index contributed by atoms with van der Waals surface area (Å²) in [5.41, 5.74) is 0. The molecule has 3 unspecified atom stereocenters. The number of hydrogen-bond acceptors (Lipinski definition) is 3. The number of hydrogen-bond donors (Lipinski definition) is 1. The minimum Gasteiger partial charge on any atom is -0.464 e. The Balaban J connectivity index is 1.88. The summed E-state index contributed by atoms with van der Waals surface area (Å²) in [5.74, 6) is 0.788. The first-order valence-electron chi connectivity index (χ1n) is 8.16. The molecule has 4 heteroatoms. The molecule has 0 aromatic carbocycles. The van der Waals surface area contributed by atoms with Crippen LogP contribution in [0.4, 0.5) is 0 Å². The minimum atomic E-state index is -0.459. The van der Waals surface area contributed by atoms with E-state index < -0.39 is 6.04 Å². The lowest BCUT2D eigenvalue weighted by Crippen LogP contribution is -2.45. The molecule has 1 fully saturated rings. The maximum absolute atomic E-state index is 12.4. The van der Waals surface area contributed by atoms with Crippen LogP contribution in [0.3, 0.4) is 0 Å². The van der Waals surface area contributed by atoms with Gasteiger partial charge in [0.05, 0.1) is 6.61 Å². The largest absolute Gasteiger partial charge is 0.464 e. The third-order valence-corrected chi connectivity index (χ3v) is 4.84. The van der Waals surface area contributed by atoms with Crippen LogP contribution in [-0.4, -0.2) is 24.5 Å². The summed E-state index contributed by atoms with van der Waals surface area (Å²) in [6, 6.07) is -0.459. The fraction of sp³-hybridized carbons (Fsp3) is 0.765. The Hall–Kier alpha value is -1.32. The second-order valence-corrected chi connectivity index (χ2v) is 6.53. The number of carbonyl (C=O) groups is 2. The van der Waals surface area contributed by atoms with E-state index in [1.165, 1.54) is 6.92 Å². The second-order valence-electron chi connectivity index (χ2n) is 6.53. The highest BCUT2D eigenvalue weighted by Crippen LogP contribution is 2.29. The number of nitrogens with one attached hydrogen (secondary N) is 1. The Kier molecular flexibility index (Phi) is 5.83. The predicted octanol–water partition coefficient (Wildman–Crippen LogP) is 2.83. The zero-order valence-electron chi connectivity index (χ0n) is 13.1. The average molecular weight is 293 g/mol. The minimum absolute atomic E-state index is 0.155. The summed E-state index contributed by atoms with van der Waals surface area (Å²) < 4.78 is 5.54. The van der Waals surface area contributed by atoms with E-state index in [4.69, 9.17) is 4.74 Å². The lowest BCUT2D eigenvalue weighted by molar-refractivity contribution is -0.151. The van der Waals surface area contributed by atoms with Crippen molar-refractivity contribution in [1.82, 2.24) is 5.32 Å². The van der Waals surface area contributed by atoms with Crippen LogP contribution >= 0.6 is 0 Å². The highest BCUT2D eigenvalue weighted by atomic mass is 16.5. The third kappa shape index (κ3) is 4.58. The van der Waals surface area contributed by atoms with Crippen molar-refractivity contribution in [2.75, 3.05) is 6.61 Å². The summed E-state index contributed by atoms with van der Waals surface area (Å²) in [7, 11) is 0. The lowest BCUT2D eigenvalue weighted by atomic mass is 9.85. The first-order chi connectivity index (χ1) is 10.1. The van der Waals surface area contributed by atoms with Gasteiger partial charge in [0.15, 0.2) is 0 Å². The van der Waals surface area contributed by atoms with E-state index in [0.717, 1.165) is 38.5 Å². The van der Waals surface area contributed by atoms with Crippen molar-refractivity contribution in [3.63, 3.8) is 0 Å². The molecule has 4 nitrogen and oxygen atoms in total. The Morgan fingerprint density at radius 2 is 1.90 bits per heavy atom. The SMILES string of the molecule is CC(=O)NC(C(=O)OCC1CC=CCC1C)C1CCCC1. The quantitative estimate of drug-likeness (QED) is 0.626. The van der Waals surface area contributed by atoms with E-state index in [2.05, 4.69) is 24.4 Å². The highest BCUT2D eigenvalue weighted by Gasteiger charge is 2.33. The molecule has 0 saturated heterocycles. The van der Waals surface area contributed by atoms with Gasteiger partial charge in [0.25, 0.3) is 0 Å². The van der Waals surface area contributed by atoms with Crippen LogP contribution in [0.15, 0.2) is 12.2 Å². The maximum atomic E-state index is 12.4. The smallest absolute Gasteiger partial charge is 0.328 e. The van der Waals surface area contributed by atoms with Gasteiger partial charge in [0.1, 0.15) is 6.04 Å². The van der Waals surface area contributed by atoms with Crippen LogP contribution in [0.1, 0.15) is 52.4 Å². The number of esters is 1. The topological polar surface area (TPSA) is 55.4 Å². The Morgan fingerprint density at radius 3 is 2.52 bits per heavy atom.